The summed E-state index contributed by atoms with van der Waals surface area (Å²) < 4.78 is 26.5. The minimum Gasteiger partial charge on any atom is -0.350 e. The van der Waals surface area contributed by atoms with Gasteiger partial charge in [-0.15, -0.1) is 0 Å². The predicted molar refractivity (Wildman–Crippen MR) is 166 cm³/mol. The number of halogens is 1. The first kappa shape index (κ1) is 32.2. The van der Waals surface area contributed by atoms with E-state index in [-0.39, 0.29) is 37.7 Å². The van der Waals surface area contributed by atoms with Crippen LogP contribution < -0.4 is 9.62 Å². The van der Waals surface area contributed by atoms with Crippen molar-refractivity contribution >= 4 is 39.1 Å². The molecule has 41 heavy (non-hydrogen) atoms. The van der Waals surface area contributed by atoms with Gasteiger partial charge in [0.25, 0.3) is 0 Å². The molecule has 0 aliphatic carbocycles. The summed E-state index contributed by atoms with van der Waals surface area (Å²) in [7, 11) is -3.57. The summed E-state index contributed by atoms with van der Waals surface area (Å²) >= 11 is 6.49. The molecule has 0 aromatic heterocycles. The number of hydrogen-bond acceptors (Lipinski definition) is 4. The van der Waals surface area contributed by atoms with Crippen molar-refractivity contribution in [2.24, 2.45) is 0 Å². The lowest BCUT2D eigenvalue weighted by Crippen LogP contribution is -2.54. The molecule has 1 atom stereocenters. The number of carbonyl (C=O) groups excluding carboxylic acids is 2. The van der Waals surface area contributed by atoms with Crippen molar-refractivity contribution in [3.8, 4) is 0 Å². The van der Waals surface area contributed by atoms with Gasteiger partial charge in [-0.1, -0.05) is 77.8 Å². The third kappa shape index (κ3) is 9.90. The topological polar surface area (TPSA) is 86.8 Å². The molecule has 9 heteroatoms. The van der Waals surface area contributed by atoms with E-state index in [1.165, 1.54) is 4.31 Å². The van der Waals surface area contributed by atoms with E-state index in [0.717, 1.165) is 22.9 Å². The molecule has 0 saturated heterocycles. The molecule has 0 heterocycles. The van der Waals surface area contributed by atoms with E-state index < -0.39 is 21.6 Å². The summed E-state index contributed by atoms with van der Waals surface area (Å²) in [5.74, 6) is -0.522. The molecular formula is C32H40ClN3O4S. The van der Waals surface area contributed by atoms with Crippen molar-refractivity contribution in [1.29, 1.82) is 0 Å². The summed E-state index contributed by atoms with van der Waals surface area (Å²) in [6.45, 7) is 7.90. The minimum atomic E-state index is -3.57. The van der Waals surface area contributed by atoms with Crippen LogP contribution in [0.5, 0.6) is 0 Å². The Hall–Kier alpha value is -3.36. The van der Waals surface area contributed by atoms with Gasteiger partial charge in [-0.3, -0.25) is 13.9 Å². The Balaban J connectivity index is 1.91. The first-order valence-electron chi connectivity index (χ1n) is 13.7. The van der Waals surface area contributed by atoms with Crippen LogP contribution in [0.15, 0.2) is 78.9 Å². The van der Waals surface area contributed by atoms with Crippen LogP contribution in [-0.2, 0) is 32.6 Å². The molecule has 3 rings (SSSR count). The summed E-state index contributed by atoms with van der Waals surface area (Å²) in [4.78, 5) is 29.2. The molecule has 3 aromatic carbocycles. The number of sulfonamides is 1. The van der Waals surface area contributed by atoms with Crippen LogP contribution in [0, 0.1) is 6.92 Å². The lowest BCUT2D eigenvalue weighted by atomic mass is 10.00. The fourth-order valence-electron chi connectivity index (χ4n) is 4.53. The van der Waals surface area contributed by atoms with Gasteiger partial charge in [0.05, 0.1) is 11.9 Å². The molecular weight excluding hydrogens is 558 g/mol. The molecule has 0 fully saturated rings. The van der Waals surface area contributed by atoms with Gasteiger partial charge in [0, 0.05) is 36.5 Å². The van der Waals surface area contributed by atoms with Gasteiger partial charge in [0.2, 0.25) is 21.8 Å². The normalized spacial score (nSPS) is 12.4. The highest BCUT2D eigenvalue weighted by molar-refractivity contribution is 7.92. The smallest absolute Gasteiger partial charge is 0.243 e. The Kier molecular flexibility index (Phi) is 11.0. The van der Waals surface area contributed by atoms with Gasteiger partial charge in [-0.2, -0.15) is 0 Å². The number of nitrogens with one attached hydrogen (secondary N) is 1. The average Bonchev–Trinajstić information content (AvgIpc) is 2.89. The standard InChI is InChI=1S/C32H40ClN3O4S/c1-24-17-19-27(20-18-24)36(41(5,39)40)21-11-16-30(37)35(23-26-14-9-10-15-28(26)33)29(31(38)34-32(2,3)4)22-25-12-7-6-8-13-25/h6-10,12-15,17-20,29H,11,16,21-23H2,1-5H3,(H,34,38). The monoisotopic (exact) mass is 597 g/mol. The summed E-state index contributed by atoms with van der Waals surface area (Å²) in [6, 6.07) is 23.2. The van der Waals surface area contributed by atoms with Gasteiger partial charge < -0.3 is 10.2 Å². The third-order valence-electron chi connectivity index (χ3n) is 6.54. The molecule has 0 radical (unpaired) electrons. The summed E-state index contributed by atoms with van der Waals surface area (Å²) in [6.07, 6.45) is 1.80. The third-order valence-corrected chi connectivity index (χ3v) is 8.10. The molecule has 7 nitrogen and oxygen atoms in total. The van der Waals surface area contributed by atoms with Gasteiger partial charge in [-0.05, 0) is 63.4 Å². The van der Waals surface area contributed by atoms with Crippen LogP contribution in [-0.4, -0.2) is 49.5 Å². The van der Waals surface area contributed by atoms with Crippen molar-refractivity contribution in [2.45, 2.75) is 65.1 Å². The van der Waals surface area contributed by atoms with E-state index in [0.29, 0.717) is 17.1 Å². The highest BCUT2D eigenvalue weighted by Crippen LogP contribution is 2.23. The summed E-state index contributed by atoms with van der Waals surface area (Å²) in [5, 5.41) is 3.54. The first-order chi connectivity index (χ1) is 19.2. The summed E-state index contributed by atoms with van der Waals surface area (Å²) in [5.41, 5.74) is 2.70. The molecule has 2 amide bonds. The van der Waals surface area contributed by atoms with Gasteiger partial charge >= 0.3 is 0 Å². The van der Waals surface area contributed by atoms with E-state index in [2.05, 4.69) is 5.32 Å². The predicted octanol–water partition coefficient (Wildman–Crippen LogP) is 5.75. The number of carbonyl (C=O) groups is 2. The number of aryl methyl sites for hydroxylation is 1. The number of hydrogen-bond donors (Lipinski definition) is 1. The molecule has 1 N–H and O–H groups in total. The minimum absolute atomic E-state index is 0.0520. The molecule has 0 saturated carbocycles. The quantitative estimate of drug-likeness (QED) is 0.288. The van der Waals surface area contributed by atoms with Crippen LogP contribution in [0.25, 0.3) is 0 Å². The second-order valence-electron chi connectivity index (χ2n) is 11.3. The maximum Gasteiger partial charge on any atom is 0.243 e. The Morgan fingerprint density at radius 3 is 2.12 bits per heavy atom. The van der Waals surface area contributed by atoms with Crippen LogP contribution in [0.1, 0.15) is 50.3 Å². The number of rotatable bonds is 12. The Labute approximate surface area is 249 Å². The number of anilines is 1. The highest BCUT2D eigenvalue weighted by Gasteiger charge is 2.32. The Morgan fingerprint density at radius 1 is 0.927 bits per heavy atom. The van der Waals surface area contributed by atoms with E-state index in [9.17, 15) is 18.0 Å². The van der Waals surface area contributed by atoms with Gasteiger partial charge in [-0.25, -0.2) is 8.42 Å². The molecule has 1 unspecified atom stereocenters. The fraction of sp³-hybridized carbons (Fsp3) is 0.375. The van der Waals surface area contributed by atoms with Crippen LogP contribution in [0.4, 0.5) is 5.69 Å². The Morgan fingerprint density at radius 2 is 1.54 bits per heavy atom. The zero-order chi connectivity index (χ0) is 30.2. The van der Waals surface area contributed by atoms with Crippen molar-refractivity contribution in [2.75, 3.05) is 17.1 Å². The SMILES string of the molecule is Cc1ccc(N(CCCC(=O)N(Cc2ccccc2Cl)C(Cc2ccccc2)C(=O)NC(C)(C)C)S(C)(=O)=O)cc1. The van der Waals surface area contributed by atoms with Crippen molar-refractivity contribution in [1.82, 2.24) is 10.2 Å². The number of amides is 2. The Bertz CT molecular complexity index is 1420. The number of benzene rings is 3. The van der Waals surface area contributed by atoms with Crippen LogP contribution in [0.3, 0.4) is 0 Å². The molecule has 0 spiro atoms. The number of nitrogens with zero attached hydrogens (tertiary/aromatic N) is 2. The van der Waals surface area contributed by atoms with Crippen LogP contribution in [0.2, 0.25) is 5.02 Å². The van der Waals surface area contributed by atoms with Crippen LogP contribution >= 0.6 is 11.6 Å². The van der Waals surface area contributed by atoms with E-state index in [1.807, 2.05) is 88.4 Å². The molecule has 0 aliphatic heterocycles. The maximum absolute atomic E-state index is 13.9. The largest absolute Gasteiger partial charge is 0.350 e. The van der Waals surface area contributed by atoms with Gasteiger partial charge in [0.1, 0.15) is 6.04 Å². The maximum atomic E-state index is 13.9. The van der Waals surface area contributed by atoms with E-state index >= 15 is 0 Å². The van der Waals surface area contributed by atoms with Crippen molar-refractivity contribution in [3.05, 3.63) is 101 Å². The molecule has 0 aliphatic rings. The molecule has 220 valence electrons. The zero-order valence-electron chi connectivity index (χ0n) is 24.4. The highest BCUT2D eigenvalue weighted by atomic mass is 35.5. The lowest BCUT2D eigenvalue weighted by Gasteiger charge is -2.34. The molecule has 3 aromatic rings. The van der Waals surface area contributed by atoms with Crippen molar-refractivity contribution < 1.29 is 18.0 Å². The fourth-order valence-corrected chi connectivity index (χ4v) is 5.69. The van der Waals surface area contributed by atoms with Crippen molar-refractivity contribution in [3.63, 3.8) is 0 Å². The second kappa shape index (κ2) is 14.0. The first-order valence-corrected chi connectivity index (χ1v) is 15.9. The average molecular weight is 598 g/mol. The lowest BCUT2D eigenvalue weighted by molar-refractivity contribution is -0.142. The second-order valence-corrected chi connectivity index (χ2v) is 13.6. The molecule has 0 bridgehead atoms. The zero-order valence-corrected chi connectivity index (χ0v) is 26.0. The van der Waals surface area contributed by atoms with Gasteiger partial charge in [0.15, 0.2) is 0 Å². The van der Waals surface area contributed by atoms with E-state index in [1.54, 1.807) is 23.1 Å². The van der Waals surface area contributed by atoms with E-state index in [4.69, 9.17) is 11.6 Å².